The first-order valence-corrected chi connectivity index (χ1v) is 6.46. The number of benzene rings is 2. The Hall–Kier alpha value is -2.13. The molecule has 0 radical (unpaired) electrons. The summed E-state index contributed by atoms with van der Waals surface area (Å²) in [4.78, 5) is 23.6. The van der Waals surface area contributed by atoms with Gasteiger partial charge in [0.1, 0.15) is 0 Å². The number of hydrogen-bond donors (Lipinski definition) is 0. The average Bonchev–Trinajstić information content (AvgIpc) is 2.46. The number of halogens is 1. The van der Waals surface area contributed by atoms with Gasteiger partial charge in [0, 0.05) is 10.6 Å². The van der Waals surface area contributed by atoms with E-state index in [1.54, 1.807) is 36.4 Å². The van der Waals surface area contributed by atoms with E-state index in [4.69, 9.17) is 16.3 Å². The van der Waals surface area contributed by atoms with Gasteiger partial charge in [-0.25, -0.2) is 4.79 Å². The Morgan fingerprint density at radius 2 is 1.50 bits per heavy atom. The Balaban J connectivity index is 1.94. The third-order valence-electron chi connectivity index (χ3n) is 2.79. The Kier molecular flexibility index (Phi) is 4.53. The largest absolute Gasteiger partial charge is 0.454 e. The molecular weight excluding hydrogens is 276 g/mol. The summed E-state index contributed by atoms with van der Waals surface area (Å²) in [7, 11) is 0. The number of aryl methyl sites for hydroxylation is 1. The summed E-state index contributed by atoms with van der Waals surface area (Å²) < 4.78 is 4.98. The lowest BCUT2D eigenvalue weighted by Crippen LogP contribution is -2.14. The highest BCUT2D eigenvalue weighted by Gasteiger charge is 2.11. The molecule has 0 spiro atoms. The lowest BCUT2D eigenvalue weighted by Gasteiger charge is -2.05. The van der Waals surface area contributed by atoms with Crippen LogP contribution in [0, 0.1) is 6.92 Å². The Morgan fingerprint density at radius 1 is 0.950 bits per heavy atom. The zero-order valence-corrected chi connectivity index (χ0v) is 11.7. The number of rotatable bonds is 4. The van der Waals surface area contributed by atoms with Crippen molar-refractivity contribution < 1.29 is 14.3 Å². The van der Waals surface area contributed by atoms with E-state index in [9.17, 15) is 9.59 Å². The second-order valence-corrected chi connectivity index (χ2v) is 4.81. The zero-order valence-electron chi connectivity index (χ0n) is 10.9. The second kappa shape index (κ2) is 6.35. The molecule has 0 saturated carbocycles. The summed E-state index contributed by atoms with van der Waals surface area (Å²) in [5.41, 5.74) is 1.96. The van der Waals surface area contributed by atoms with Gasteiger partial charge in [-0.1, -0.05) is 41.4 Å². The number of ketones is 1. The summed E-state index contributed by atoms with van der Waals surface area (Å²) in [6.45, 7) is 1.67. The molecule has 0 aliphatic rings. The summed E-state index contributed by atoms with van der Waals surface area (Å²) in [6.07, 6.45) is 0. The monoisotopic (exact) mass is 288 g/mol. The van der Waals surface area contributed by atoms with E-state index in [1.807, 2.05) is 19.1 Å². The normalized spacial score (nSPS) is 10.1. The van der Waals surface area contributed by atoms with Crippen LogP contribution in [-0.4, -0.2) is 18.4 Å². The molecule has 0 aromatic heterocycles. The Morgan fingerprint density at radius 3 is 2.10 bits per heavy atom. The molecule has 0 amide bonds. The number of carbonyl (C=O) groups excluding carboxylic acids is 2. The molecule has 20 heavy (non-hydrogen) atoms. The van der Waals surface area contributed by atoms with Crippen molar-refractivity contribution in [2.75, 3.05) is 6.61 Å². The van der Waals surface area contributed by atoms with Crippen LogP contribution < -0.4 is 0 Å². The van der Waals surface area contributed by atoms with Crippen molar-refractivity contribution in [1.82, 2.24) is 0 Å². The maximum Gasteiger partial charge on any atom is 0.338 e. The summed E-state index contributed by atoms with van der Waals surface area (Å²) >= 11 is 5.73. The van der Waals surface area contributed by atoms with E-state index in [-0.39, 0.29) is 12.4 Å². The van der Waals surface area contributed by atoms with Crippen molar-refractivity contribution in [2.45, 2.75) is 6.92 Å². The minimum atomic E-state index is -0.540. The quantitative estimate of drug-likeness (QED) is 0.636. The fourth-order valence-corrected chi connectivity index (χ4v) is 1.75. The predicted octanol–water partition coefficient (Wildman–Crippen LogP) is 3.69. The topological polar surface area (TPSA) is 43.4 Å². The van der Waals surface area contributed by atoms with Crippen LogP contribution in [0.3, 0.4) is 0 Å². The fourth-order valence-electron chi connectivity index (χ4n) is 1.62. The standard InChI is InChI=1S/C16H13ClO3/c1-11-2-4-12(5-3-11)15(18)10-20-16(19)13-6-8-14(17)9-7-13/h2-9H,10H2,1H3. The van der Waals surface area contributed by atoms with Gasteiger partial charge in [0.25, 0.3) is 0 Å². The molecule has 0 N–H and O–H groups in total. The molecular formula is C16H13ClO3. The van der Waals surface area contributed by atoms with Crippen LogP contribution >= 0.6 is 11.6 Å². The molecule has 2 rings (SSSR count). The first kappa shape index (κ1) is 14.3. The van der Waals surface area contributed by atoms with Crippen molar-refractivity contribution in [3.05, 3.63) is 70.2 Å². The van der Waals surface area contributed by atoms with E-state index >= 15 is 0 Å². The number of Topliss-reactive ketones (excluding diaryl/α,β-unsaturated/α-hetero) is 1. The highest BCUT2D eigenvalue weighted by molar-refractivity contribution is 6.30. The van der Waals surface area contributed by atoms with Crippen molar-refractivity contribution >= 4 is 23.4 Å². The molecule has 0 aliphatic carbocycles. The van der Waals surface area contributed by atoms with E-state index < -0.39 is 5.97 Å². The van der Waals surface area contributed by atoms with E-state index in [1.165, 1.54) is 0 Å². The highest BCUT2D eigenvalue weighted by Crippen LogP contribution is 2.11. The van der Waals surface area contributed by atoms with Gasteiger partial charge in [0.2, 0.25) is 0 Å². The third kappa shape index (κ3) is 3.68. The van der Waals surface area contributed by atoms with Gasteiger partial charge in [0.05, 0.1) is 5.56 Å². The van der Waals surface area contributed by atoms with Crippen molar-refractivity contribution in [3.63, 3.8) is 0 Å². The Bertz CT molecular complexity index is 558. The van der Waals surface area contributed by atoms with Crippen LogP contribution in [0.2, 0.25) is 5.02 Å². The number of hydrogen-bond acceptors (Lipinski definition) is 3. The minimum absolute atomic E-state index is 0.229. The van der Waals surface area contributed by atoms with E-state index in [0.29, 0.717) is 16.1 Å². The average molecular weight is 289 g/mol. The summed E-state index contributed by atoms with van der Waals surface area (Å²) in [6, 6.07) is 13.4. The molecule has 0 unspecified atom stereocenters. The molecule has 3 nitrogen and oxygen atoms in total. The maximum atomic E-state index is 11.8. The molecule has 0 fully saturated rings. The summed E-state index contributed by atoms with van der Waals surface area (Å²) in [5.74, 6) is -0.769. The smallest absolute Gasteiger partial charge is 0.338 e. The Labute approximate surface area is 122 Å². The molecule has 2 aromatic rings. The highest BCUT2D eigenvalue weighted by atomic mass is 35.5. The number of ether oxygens (including phenoxy) is 1. The number of esters is 1. The van der Waals surface area contributed by atoms with Crippen LogP contribution in [-0.2, 0) is 4.74 Å². The molecule has 0 aliphatic heterocycles. The van der Waals surface area contributed by atoms with Crippen LogP contribution in [0.1, 0.15) is 26.3 Å². The van der Waals surface area contributed by atoms with Gasteiger partial charge in [-0.3, -0.25) is 4.79 Å². The summed E-state index contributed by atoms with van der Waals surface area (Å²) in [5, 5.41) is 0.539. The first-order valence-electron chi connectivity index (χ1n) is 6.09. The second-order valence-electron chi connectivity index (χ2n) is 4.37. The molecule has 2 aromatic carbocycles. The van der Waals surface area contributed by atoms with Crippen LogP contribution in [0.25, 0.3) is 0 Å². The van der Waals surface area contributed by atoms with Gasteiger partial charge in [-0.15, -0.1) is 0 Å². The molecule has 0 bridgehead atoms. The van der Waals surface area contributed by atoms with Gasteiger partial charge in [-0.2, -0.15) is 0 Å². The van der Waals surface area contributed by atoms with E-state index in [0.717, 1.165) is 5.56 Å². The molecule has 0 atom stereocenters. The molecule has 102 valence electrons. The SMILES string of the molecule is Cc1ccc(C(=O)COC(=O)c2ccc(Cl)cc2)cc1. The van der Waals surface area contributed by atoms with Gasteiger partial charge >= 0.3 is 5.97 Å². The third-order valence-corrected chi connectivity index (χ3v) is 3.04. The van der Waals surface area contributed by atoms with Crippen LogP contribution in [0.15, 0.2) is 48.5 Å². The van der Waals surface area contributed by atoms with Crippen LogP contribution in [0.4, 0.5) is 0 Å². The van der Waals surface area contributed by atoms with Crippen molar-refractivity contribution in [2.24, 2.45) is 0 Å². The zero-order chi connectivity index (χ0) is 14.5. The maximum absolute atomic E-state index is 11.8. The van der Waals surface area contributed by atoms with Crippen molar-refractivity contribution in [1.29, 1.82) is 0 Å². The molecule has 0 heterocycles. The lowest BCUT2D eigenvalue weighted by molar-refractivity contribution is 0.0475. The van der Waals surface area contributed by atoms with Crippen molar-refractivity contribution in [3.8, 4) is 0 Å². The lowest BCUT2D eigenvalue weighted by atomic mass is 10.1. The number of carbonyl (C=O) groups is 2. The van der Waals surface area contributed by atoms with Gasteiger partial charge in [0.15, 0.2) is 12.4 Å². The van der Waals surface area contributed by atoms with Gasteiger partial charge in [-0.05, 0) is 31.2 Å². The van der Waals surface area contributed by atoms with E-state index in [2.05, 4.69) is 0 Å². The first-order chi connectivity index (χ1) is 9.56. The fraction of sp³-hybridized carbons (Fsp3) is 0.125. The van der Waals surface area contributed by atoms with Gasteiger partial charge < -0.3 is 4.74 Å². The molecule has 4 heteroatoms. The predicted molar refractivity (Wildman–Crippen MR) is 77.2 cm³/mol. The molecule has 0 saturated heterocycles. The van der Waals surface area contributed by atoms with Crippen LogP contribution in [0.5, 0.6) is 0 Å². The minimum Gasteiger partial charge on any atom is -0.454 e.